The Balaban J connectivity index is 1.69. The summed E-state index contributed by atoms with van der Waals surface area (Å²) in [5, 5.41) is 3.86. The smallest absolute Gasteiger partial charge is 0.244 e. The largest absolute Gasteiger partial charge is 0.495 e. The Morgan fingerprint density at radius 2 is 1.82 bits per heavy atom. The molecule has 0 radical (unpaired) electrons. The van der Waals surface area contributed by atoms with Gasteiger partial charge in [-0.2, -0.15) is 0 Å². The Morgan fingerprint density at radius 1 is 1.11 bits per heavy atom. The molecule has 0 saturated heterocycles. The molecule has 0 bridgehead atoms. The van der Waals surface area contributed by atoms with Gasteiger partial charge in [-0.05, 0) is 37.6 Å². The highest BCUT2D eigenvalue weighted by molar-refractivity contribution is 5.96. The summed E-state index contributed by atoms with van der Waals surface area (Å²) < 4.78 is 5.25. The molecular formula is C22H25N3O3. The summed E-state index contributed by atoms with van der Waals surface area (Å²) in [6.07, 6.45) is 0.256. The maximum atomic E-state index is 12.9. The van der Waals surface area contributed by atoms with Crippen molar-refractivity contribution in [3.63, 3.8) is 0 Å². The zero-order valence-electron chi connectivity index (χ0n) is 16.4. The number of anilines is 1. The number of likely N-dealkylation sites (N-methyl/N-ethyl adjacent to an activating group) is 1. The van der Waals surface area contributed by atoms with Crippen LogP contribution in [0.1, 0.15) is 18.2 Å². The van der Waals surface area contributed by atoms with E-state index in [0.717, 1.165) is 22.2 Å². The molecule has 146 valence electrons. The Labute approximate surface area is 164 Å². The lowest BCUT2D eigenvalue weighted by molar-refractivity contribution is -0.133. The number of hydrogen-bond donors (Lipinski definition) is 2. The number of benzene rings is 2. The second-order valence-corrected chi connectivity index (χ2v) is 6.61. The number of nitrogens with one attached hydrogen (secondary N) is 2. The van der Waals surface area contributed by atoms with Crippen LogP contribution >= 0.6 is 0 Å². The van der Waals surface area contributed by atoms with Crippen molar-refractivity contribution >= 4 is 28.4 Å². The lowest BCUT2D eigenvalue weighted by atomic mass is 10.1. The Hall–Kier alpha value is -3.28. The van der Waals surface area contributed by atoms with E-state index in [9.17, 15) is 9.59 Å². The van der Waals surface area contributed by atoms with Gasteiger partial charge in [0.2, 0.25) is 11.8 Å². The van der Waals surface area contributed by atoms with E-state index in [1.807, 2.05) is 50.2 Å². The van der Waals surface area contributed by atoms with Crippen LogP contribution in [-0.2, 0) is 16.0 Å². The fourth-order valence-corrected chi connectivity index (χ4v) is 3.31. The highest BCUT2D eigenvalue weighted by Crippen LogP contribution is 2.24. The normalized spacial score (nSPS) is 10.7. The second kappa shape index (κ2) is 8.61. The van der Waals surface area contributed by atoms with Crippen molar-refractivity contribution in [1.29, 1.82) is 0 Å². The molecule has 0 saturated carbocycles. The Bertz CT molecular complexity index is 994. The number of amides is 2. The van der Waals surface area contributed by atoms with Crippen LogP contribution in [0, 0.1) is 6.92 Å². The van der Waals surface area contributed by atoms with Gasteiger partial charge in [0, 0.05) is 23.1 Å². The number of fused-ring (bicyclic) bond motifs is 1. The van der Waals surface area contributed by atoms with Gasteiger partial charge < -0.3 is 19.9 Å². The first kappa shape index (κ1) is 19.5. The van der Waals surface area contributed by atoms with Gasteiger partial charge in [-0.25, -0.2) is 0 Å². The monoisotopic (exact) mass is 379 g/mol. The van der Waals surface area contributed by atoms with Gasteiger partial charge in [-0.3, -0.25) is 9.59 Å². The van der Waals surface area contributed by atoms with Crippen molar-refractivity contribution in [3.05, 3.63) is 59.8 Å². The average molecular weight is 379 g/mol. The number of methoxy groups -OCH3 is 1. The Morgan fingerprint density at radius 3 is 2.57 bits per heavy atom. The third-order valence-electron chi connectivity index (χ3n) is 4.80. The number of ether oxygens (including phenoxy) is 1. The molecule has 1 heterocycles. The molecule has 0 unspecified atom stereocenters. The molecule has 28 heavy (non-hydrogen) atoms. The van der Waals surface area contributed by atoms with Gasteiger partial charge in [0.1, 0.15) is 5.75 Å². The number of rotatable bonds is 7. The first-order chi connectivity index (χ1) is 13.5. The van der Waals surface area contributed by atoms with E-state index in [-0.39, 0.29) is 24.8 Å². The lowest BCUT2D eigenvalue weighted by Gasteiger charge is -2.21. The molecule has 3 aromatic rings. The molecule has 0 spiro atoms. The van der Waals surface area contributed by atoms with E-state index in [2.05, 4.69) is 10.3 Å². The summed E-state index contributed by atoms with van der Waals surface area (Å²) in [6.45, 7) is 4.29. The van der Waals surface area contributed by atoms with Gasteiger partial charge in [-0.15, -0.1) is 0 Å². The van der Waals surface area contributed by atoms with Crippen LogP contribution in [0.15, 0.2) is 48.5 Å². The first-order valence-corrected chi connectivity index (χ1v) is 9.30. The first-order valence-electron chi connectivity index (χ1n) is 9.30. The summed E-state index contributed by atoms with van der Waals surface area (Å²) in [6, 6.07) is 15.1. The van der Waals surface area contributed by atoms with Crippen molar-refractivity contribution in [2.24, 2.45) is 0 Å². The predicted molar refractivity (Wildman–Crippen MR) is 111 cm³/mol. The van der Waals surface area contributed by atoms with Gasteiger partial charge in [-0.1, -0.05) is 30.3 Å². The van der Waals surface area contributed by atoms with Gasteiger partial charge in [0.15, 0.2) is 0 Å². The fraction of sp³-hybridized carbons (Fsp3) is 0.273. The van der Waals surface area contributed by atoms with E-state index in [0.29, 0.717) is 18.0 Å². The topological polar surface area (TPSA) is 74.4 Å². The zero-order chi connectivity index (χ0) is 20.1. The molecular weight excluding hydrogens is 354 g/mol. The summed E-state index contributed by atoms with van der Waals surface area (Å²) in [7, 11) is 1.55. The highest BCUT2D eigenvalue weighted by atomic mass is 16.5. The third-order valence-corrected chi connectivity index (χ3v) is 4.80. The van der Waals surface area contributed by atoms with Crippen LogP contribution in [0.5, 0.6) is 5.75 Å². The molecule has 3 rings (SSSR count). The van der Waals surface area contributed by atoms with Crippen molar-refractivity contribution in [3.8, 4) is 5.75 Å². The van der Waals surface area contributed by atoms with Crippen molar-refractivity contribution < 1.29 is 14.3 Å². The fourth-order valence-electron chi connectivity index (χ4n) is 3.31. The molecule has 0 atom stereocenters. The number of H-pyrrole nitrogens is 1. The molecule has 2 N–H and O–H groups in total. The lowest BCUT2D eigenvalue weighted by Crippen LogP contribution is -2.38. The van der Waals surface area contributed by atoms with Crippen LogP contribution in [0.4, 0.5) is 5.69 Å². The van der Waals surface area contributed by atoms with Crippen molar-refractivity contribution in [2.45, 2.75) is 20.3 Å². The Kier molecular flexibility index (Phi) is 5.99. The summed E-state index contributed by atoms with van der Waals surface area (Å²) in [5.74, 6) is 0.250. The van der Waals surface area contributed by atoms with Gasteiger partial charge >= 0.3 is 0 Å². The minimum atomic E-state index is -0.254. The summed E-state index contributed by atoms with van der Waals surface area (Å²) >= 11 is 0. The summed E-state index contributed by atoms with van der Waals surface area (Å²) in [4.78, 5) is 30.2. The van der Waals surface area contributed by atoms with E-state index < -0.39 is 0 Å². The standard InChI is InChI=1S/C22H25N3O3/c1-4-25(14-21(26)24-19-11-7-8-12-20(19)28-3)22(27)13-17-15(2)23-18-10-6-5-9-16(17)18/h5-12,23H,4,13-14H2,1-3H3,(H,24,26). The van der Waals surface area contributed by atoms with Gasteiger partial charge in [0.05, 0.1) is 25.8 Å². The highest BCUT2D eigenvalue weighted by Gasteiger charge is 2.19. The maximum Gasteiger partial charge on any atom is 0.244 e. The number of nitrogens with zero attached hydrogens (tertiary/aromatic N) is 1. The zero-order valence-corrected chi connectivity index (χ0v) is 16.4. The van der Waals surface area contributed by atoms with Crippen LogP contribution in [-0.4, -0.2) is 41.9 Å². The van der Waals surface area contributed by atoms with E-state index in [1.54, 1.807) is 24.1 Å². The molecule has 0 fully saturated rings. The molecule has 0 aliphatic heterocycles. The molecule has 0 aliphatic carbocycles. The van der Waals surface area contributed by atoms with Crippen LogP contribution in [0.25, 0.3) is 10.9 Å². The van der Waals surface area contributed by atoms with Crippen LogP contribution in [0.3, 0.4) is 0 Å². The minimum Gasteiger partial charge on any atom is -0.495 e. The molecule has 1 aromatic heterocycles. The third kappa shape index (κ3) is 4.17. The SMILES string of the molecule is CCN(CC(=O)Nc1ccccc1OC)C(=O)Cc1c(C)[nH]c2ccccc12. The van der Waals surface area contributed by atoms with E-state index in [1.165, 1.54) is 0 Å². The number of hydrogen-bond acceptors (Lipinski definition) is 3. The number of aryl methyl sites for hydroxylation is 1. The maximum absolute atomic E-state index is 12.9. The van der Waals surface area contributed by atoms with Crippen molar-refractivity contribution in [1.82, 2.24) is 9.88 Å². The molecule has 2 aromatic carbocycles. The molecule has 6 nitrogen and oxygen atoms in total. The number of carbonyl (C=O) groups excluding carboxylic acids is 2. The number of carbonyl (C=O) groups is 2. The molecule has 6 heteroatoms. The number of para-hydroxylation sites is 3. The summed E-state index contributed by atoms with van der Waals surface area (Å²) in [5.41, 5.74) is 3.55. The average Bonchev–Trinajstić information content (AvgIpc) is 3.01. The quantitative estimate of drug-likeness (QED) is 0.660. The van der Waals surface area contributed by atoms with Gasteiger partial charge in [0.25, 0.3) is 0 Å². The van der Waals surface area contributed by atoms with E-state index in [4.69, 9.17) is 4.74 Å². The molecule has 2 amide bonds. The van der Waals surface area contributed by atoms with Crippen LogP contribution < -0.4 is 10.1 Å². The second-order valence-electron chi connectivity index (χ2n) is 6.61. The number of aromatic nitrogens is 1. The predicted octanol–water partition coefficient (Wildman–Crippen LogP) is 3.51. The van der Waals surface area contributed by atoms with E-state index >= 15 is 0 Å². The molecule has 0 aliphatic rings. The minimum absolute atomic E-state index is 0.00517. The van der Waals surface area contributed by atoms with Crippen LogP contribution in [0.2, 0.25) is 0 Å². The number of aromatic amines is 1. The van der Waals surface area contributed by atoms with Crippen molar-refractivity contribution in [2.75, 3.05) is 25.5 Å².